The monoisotopic (exact) mass is 367 g/mol. The maximum Gasteiger partial charge on any atom is 0.411 e. The zero-order valence-electron chi connectivity index (χ0n) is 15.0. The number of carbonyl (C=O) groups excluding carboxylic acids is 3. The SMILES string of the molecule is COC(=O)Nc1ccc(NC(=O)c2ccc(N3CCCCC3=O)cc2)cc1. The smallest absolute Gasteiger partial charge is 0.411 e. The van der Waals surface area contributed by atoms with Crippen molar-refractivity contribution in [1.29, 1.82) is 0 Å². The van der Waals surface area contributed by atoms with E-state index < -0.39 is 6.09 Å². The first kappa shape index (κ1) is 18.4. The van der Waals surface area contributed by atoms with Crippen LogP contribution in [-0.4, -0.2) is 31.6 Å². The van der Waals surface area contributed by atoms with E-state index in [1.165, 1.54) is 7.11 Å². The minimum atomic E-state index is -0.556. The molecule has 0 bridgehead atoms. The maximum atomic E-state index is 12.4. The molecule has 1 heterocycles. The van der Waals surface area contributed by atoms with Gasteiger partial charge in [0.1, 0.15) is 0 Å². The summed E-state index contributed by atoms with van der Waals surface area (Å²) in [7, 11) is 1.29. The van der Waals surface area contributed by atoms with E-state index in [9.17, 15) is 14.4 Å². The number of amides is 3. The van der Waals surface area contributed by atoms with E-state index in [0.29, 0.717) is 23.4 Å². The molecule has 3 rings (SSSR count). The number of nitrogens with one attached hydrogen (secondary N) is 2. The summed E-state index contributed by atoms with van der Waals surface area (Å²) in [6.45, 7) is 0.719. The van der Waals surface area contributed by atoms with Gasteiger partial charge >= 0.3 is 6.09 Å². The molecule has 1 saturated heterocycles. The predicted octanol–water partition coefficient (Wildman–Crippen LogP) is 3.63. The first-order valence-electron chi connectivity index (χ1n) is 8.73. The maximum absolute atomic E-state index is 12.4. The molecule has 3 amide bonds. The zero-order valence-corrected chi connectivity index (χ0v) is 15.0. The molecule has 1 aliphatic rings. The number of hydrogen-bond donors (Lipinski definition) is 2. The van der Waals surface area contributed by atoms with Crippen molar-refractivity contribution in [3.05, 3.63) is 54.1 Å². The van der Waals surface area contributed by atoms with E-state index in [0.717, 1.165) is 25.1 Å². The molecule has 2 N–H and O–H groups in total. The van der Waals surface area contributed by atoms with E-state index >= 15 is 0 Å². The molecule has 0 radical (unpaired) electrons. The molecular weight excluding hydrogens is 346 g/mol. The number of carbonyl (C=O) groups is 3. The minimum absolute atomic E-state index is 0.124. The van der Waals surface area contributed by atoms with Crippen LogP contribution in [0.25, 0.3) is 0 Å². The zero-order chi connectivity index (χ0) is 19.2. The van der Waals surface area contributed by atoms with Gasteiger partial charge in [-0.25, -0.2) is 4.79 Å². The Morgan fingerprint density at radius 2 is 1.56 bits per heavy atom. The highest BCUT2D eigenvalue weighted by molar-refractivity contribution is 6.05. The van der Waals surface area contributed by atoms with Gasteiger partial charge in [0.2, 0.25) is 5.91 Å². The Balaban J connectivity index is 1.62. The molecule has 0 atom stereocenters. The highest BCUT2D eigenvalue weighted by Crippen LogP contribution is 2.22. The average Bonchev–Trinajstić information content (AvgIpc) is 2.70. The largest absolute Gasteiger partial charge is 0.453 e. The molecule has 0 aromatic heterocycles. The van der Waals surface area contributed by atoms with Crippen molar-refractivity contribution < 1.29 is 19.1 Å². The number of ether oxygens (including phenoxy) is 1. The Kier molecular flexibility index (Phi) is 5.71. The van der Waals surface area contributed by atoms with Crippen LogP contribution < -0.4 is 15.5 Å². The molecule has 2 aromatic carbocycles. The van der Waals surface area contributed by atoms with Crippen LogP contribution in [0, 0.1) is 0 Å². The van der Waals surface area contributed by atoms with E-state index in [2.05, 4.69) is 15.4 Å². The number of piperidine rings is 1. The summed E-state index contributed by atoms with van der Waals surface area (Å²) in [6.07, 6.45) is 1.95. The van der Waals surface area contributed by atoms with Crippen molar-refractivity contribution in [1.82, 2.24) is 0 Å². The van der Waals surface area contributed by atoms with Crippen molar-refractivity contribution in [2.45, 2.75) is 19.3 Å². The Morgan fingerprint density at radius 1 is 0.926 bits per heavy atom. The summed E-state index contributed by atoms with van der Waals surface area (Å²) in [5.74, 6) is -0.126. The fourth-order valence-electron chi connectivity index (χ4n) is 2.88. The van der Waals surface area contributed by atoms with Gasteiger partial charge in [-0.1, -0.05) is 0 Å². The Labute approximate surface area is 157 Å². The third-order valence-electron chi connectivity index (χ3n) is 4.34. The van der Waals surface area contributed by atoms with Gasteiger partial charge in [-0.3, -0.25) is 14.9 Å². The Bertz CT molecular complexity index is 831. The number of hydrogen-bond acceptors (Lipinski definition) is 4. The summed E-state index contributed by atoms with van der Waals surface area (Å²) in [4.78, 5) is 37.3. The van der Waals surface area contributed by atoms with E-state index in [4.69, 9.17) is 0 Å². The molecule has 140 valence electrons. The van der Waals surface area contributed by atoms with E-state index in [1.54, 1.807) is 53.4 Å². The Hall–Kier alpha value is -3.35. The molecule has 0 aliphatic carbocycles. The number of benzene rings is 2. The summed E-state index contributed by atoms with van der Waals surface area (Å²) >= 11 is 0. The Morgan fingerprint density at radius 3 is 2.15 bits per heavy atom. The molecule has 7 heteroatoms. The van der Waals surface area contributed by atoms with Crippen LogP contribution in [0.3, 0.4) is 0 Å². The van der Waals surface area contributed by atoms with Gasteiger partial charge in [0.25, 0.3) is 5.91 Å². The first-order valence-corrected chi connectivity index (χ1v) is 8.73. The van der Waals surface area contributed by atoms with Crippen molar-refractivity contribution in [3.8, 4) is 0 Å². The summed E-state index contributed by atoms with van der Waals surface area (Å²) < 4.78 is 4.52. The van der Waals surface area contributed by atoms with Crippen LogP contribution in [0.1, 0.15) is 29.6 Å². The van der Waals surface area contributed by atoms with Gasteiger partial charge in [-0.2, -0.15) is 0 Å². The van der Waals surface area contributed by atoms with Crippen LogP contribution in [0.4, 0.5) is 21.9 Å². The second-order valence-electron chi connectivity index (χ2n) is 6.20. The molecule has 0 saturated carbocycles. The predicted molar refractivity (Wildman–Crippen MR) is 103 cm³/mol. The van der Waals surface area contributed by atoms with E-state index in [-0.39, 0.29) is 11.8 Å². The summed E-state index contributed by atoms with van der Waals surface area (Å²) in [5, 5.41) is 5.34. The summed E-state index contributed by atoms with van der Waals surface area (Å²) in [6, 6.07) is 13.7. The minimum Gasteiger partial charge on any atom is -0.453 e. The number of rotatable bonds is 4. The normalized spacial score (nSPS) is 13.8. The van der Waals surface area contributed by atoms with Gasteiger partial charge < -0.3 is 15.0 Å². The van der Waals surface area contributed by atoms with Crippen LogP contribution in [0.2, 0.25) is 0 Å². The molecule has 1 fully saturated rings. The van der Waals surface area contributed by atoms with E-state index in [1.807, 2.05) is 0 Å². The van der Waals surface area contributed by atoms with Crippen molar-refractivity contribution in [3.63, 3.8) is 0 Å². The lowest BCUT2D eigenvalue weighted by Crippen LogP contribution is -2.35. The van der Waals surface area contributed by atoms with Crippen LogP contribution >= 0.6 is 0 Å². The van der Waals surface area contributed by atoms with Gasteiger partial charge in [0.15, 0.2) is 0 Å². The fourth-order valence-corrected chi connectivity index (χ4v) is 2.88. The van der Waals surface area contributed by atoms with Crippen molar-refractivity contribution in [2.24, 2.45) is 0 Å². The fraction of sp³-hybridized carbons (Fsp3) is 0.250. The lowest BCUT2D eigenvalue weighted by atomic mass is 10.1. The second kappa shape index (κ2) is 8.35. The molecular formula is C20H21N3O4. The third-order valence-corrected chi connectivity index (χ3v) is 4.34. The molecule has 1 aliphatic heterocycles. The molecule has 27 heavy (non-hydrogen) atoms. The van der Waals surface area contributed by atoms with Crippen LogP contribution in [-0.2, 0) is 9.53 Å². The number of methoxy groups -OCH3 is 1. The van der Waals surface area contributed by atoms with Gasteiger partial charge in [0.05, 0.1) is 7.11 Å². The third kappa shape index (κ3) is 4.63. The highest BCUT2D eigenvalue weighted by Gasteiger charge is 2.19. The topological polar surface area (TPSA) is 87.7 Å². The van der Waals surface area contributed by atoms with Crippen LogP contribution in [0.15, 0.2) is 48.5 Å². The van der Waals surface area contributed by atoms with Gasteiger partial charge in [0, 0.05) is 35.6 Å². The van der Waals surface area contributed by atoms with Gasteiger partial charge in [-0.15, -0.1) is 0 Å². The average molecular weight is 367 g/mol. The number of anilines is 3. The number of nitrogens with zero attached hydrogens (tertiary/aromatic N) is 1. The molecule has 2 aromatic rings. The quantitative estimate of drug-likeness (QED) is 0.864. The first-order chi connectivity index (χ1) is 13.1. The molecule has 0 unspecified atom stereocenters. The highest BCUT2D eigenvalue weighted by atomic mass is 16.5. The second-order valence-corrected chi connectivity index (χ2v) is 6.20. The van der Waals surface area contributed by atoms with Gasteiger partial charge in [-0.05, 0) is 61.4 Å². The lowest BCUT2D eigenvalue weighted by Gasteiger charge is -2.26. The molecule has 0 spiro atoms. The summed E-state index contributed by atoms with van der Waals surface area (Å²) in [5.41, 5.74) is 2.48. The van der Waals surface area contributed by atoms with Crippen molar-refractivity contribution in [2.75, 3.05) is 29.2 Å². The lowest BCUT2D eigenvalue weighted by molar-refractivity contribution is -0.119. The van der Waals surface area contributed by atoms with Crippen LogP contribution in [0.5, 0.6) is 0 Å². The van der Waals surface area contributed by atoms with Crippen molar-refractivity contribution >= 4 is 35.0 Å². The standard InChI is InChI=1S/C20H21N3O4/c1-27-20(26)22-16-9-7-15(8-10-16)21-19(25)14-5-11-17(12-6-14)23-13-3-2-4-18(23)24/h5-12H,2-4,13H2,1H3,(H,21,25)(H,22,26). The molecule has 7 nitrogen and oxygen atoms in total.